The lowest BCUT2D eigenvalue weighted by Gasteiger charge is -2.08. The number of carbonyl (C=O) groups is 1. The lowest BCUT2D eigenvalue weighted by molar-refractivity contribution is -0.136. The largest absolute Gasteiger partial charge is 0.506 e. The topological polar surface area (TPSA) is 57.5 Å². The number of carboxylic acid groups (broad SMARTS) is 1. The van der Waals surface area contributed by atoms with Gasteiger partial charge in [0.1, 0.15) is 11.6 Å². The van der Waals surface area contributed by atoms with Crippen molar-refractivity contribution < 1.29 is 19.4 Å². The van der Waals surface area contributed by atoms with E-state index in [1.807, 2.05) is 0 Å². The molecule has 0 unspecified atom stereocenters. The normalized spacial score (nSPS) is 10.2. The predicted octanol–water partition coefficient (Wildman–Crippen LogP) is 2.12. The Bertz CT molecular complexity index is 364. The number of phenolic OH excluding ortho intramolecular Hbond substituents is 1. The molecule has 3 nitrogen and oxygen atoms in total. The lowest BCUT2D eigenvalue weighted by atomic mass is 10.0. The van der Waals surface area contributed by atoms with Crippen LogP contribution in [0.2, 0.25) is 5.02 Å². The average Bonchev–Trinajstić information content (AvgIpc) is 2.09. The summed E-state index contributed by atoms with van der Waals surface area (Å²) in [5.74, 6) is -2.14. The zero-order valence-corrected chi connectivity index (χ0v) is 8.10. The number of hydrogen-bond donors (Lipinski definition) is 2. The van der Waals surface area contributed by atoms with E-state index in [-0.39, 0.29) is 21.9 Å². The fourth-order valence-corrected chi connectivity index (χ4v) is 1.33. The minimum absolute atomic E-state index is 0.0162. The highest BCUT2D eigenvalue weighted by atomic mass is 35.5. The van der Waals surface area contributed by atoms with Gasteiger partial charge in [0.05, 0.1) is 11.4 Å². The highest BCUT2D eigenvalue weighted by molar-refractivity contribution is 6.32. The molecule has 0 atom stereocenters. The van der Waals surface area contributed by atoms with E-state index in [2.05, 4.69) is 0 Å². The van der Waals surface area contributed by atoms with Gasteiger partial charge >= 0.3 is 5.97 Å². The number of benzene rings is 1. The Balaban J connectivity index is 3.31. The molecule has 0 fully saturated rings. The molecule has 0 aliphatic heterocycles. The van der Waals surface area contributed by atoms with E-state index >= 15 is 0 Å². The summed E-state index contributed by atoms with van der Waals surface area (Å²) in [6.07, 6.45) is -0.449. The molecule has 0 spiro atoms. The van der Waals surface area contributed by atoms with Gasteiger partial charge in [0, 0.05) is 5.56 Å². The maximum atomic E-state index is 13.1. The Hall–Kier alpha value is -1.29. The standard InChI is InChI=1S/C9H8ClFO3/c1-4-5(2-8(12)13)9(14)6(10)3-7(4)11/h3,14H,2H2,1H3,(H,12,13). The van der Waals surface area contributed by atoms with E-state index in [1.165, 1.54) is 6.92 Å². The molecule has 0 aliphatic carbocycles. The van der Waals surface area contributed by atoms with Gasteiger partial charge in [-0.05, 0) is 18.6 Å². The first-order valence-corrected chi connectivity index (χ1v) is 4.19. The van der Waals surface area contributed by atoms with Gasteiger partial charge in [0.15, 0.2) is 0 Å². The van der Waals surface area contributed by atoms with E-state index in [9.17, 15) is 14.3 Å². The van der Waals surface area contributed by atoms with Crippen molar-refractivity contribution in [1.82, 2.24) is 0 Å². The van der Waals surface area contributed by atoms with Crippen molar-refractivity contribution in [3.8, 4) is 5.75 Å². The summed E-state index contributed by atoms with van der Waals surface area (Å²) in [6.45, 7) is 1.39. The summed E-state index contributed by atoms with van der Waals surface area (Å²) >= 11 is 5.49. The molecule has 0 radical (unpaired) electrons. The summed E-state index contributed by atoms with van der Waals surface area (Å²) in [4.78, 5) is 10.4. The third-order valence-electron chi connectivity index (χ3n) is 1.90. The van der Waals surface area contributed by atoms with Crippen molar-refractivity contribution in [3.05, 3.63) is 28.0 Å². The molecule has 1 aromatic carbocycles. The first-order chi connectivity index (χ1) is 6.43. The third kappa shape index (κ3) is 1.96. The maximum absolute atomic E-state index is 13.1. The number of carboxylic acids is 1. The van der Waals surface area contributed by atoms with Crippen LogP contribution in [0.1, 0.15) is 11.1 Å². The van der Waals surface area contributed by atoms with Crippen molar-refractivity contribution in [2.75, 3.05) is 0 Å². The van der Waals surface area contributed by atoms with Crippen molar-refractivity contribution in [2.45, 2.75) is 13.3 Å². The summed E-state index contributed by atoms with van der Waals surface area (Å²) < 4.78 is 13.1. The summed E-state index contributed by atoms with van der Waals surface area (Å²) in [5, 5.41) is 17.7. The SMILES string of the molecule is Cc1c(F)cc(Cl)c(O)c1CC(=O)O. The fraction of sp³-hybridized carbons (Fsp3) is 0.222. The minimum atomic E-state index is -1.15. The quantitative estimate of drug-likeness (QED) is 0.800. The van der Waals surface area contributed by atoms with Gasteiger partial charge in [-0.15, -0.1) is 0 Å². The van der Waals surface area contributed by atoms with E-state index in [0.29, 0.717) is 0 Å². The van der Waals surface area contributed by atoms with Crippen LogP contribution in [-0.4, -0.2) is 16.2 Å². The van der Waals surface area contributed by atoms with Crippen molar-refractivity contribution in [2.24, 2.45) is 0 Å². The minimum Gasteiger partial charge on any atom is -0.506 e. The Labute approximate surface area is 84.7 Å². The highest BCUT2D eigenvalue weighted by Crippen LogP contribution is 2.32. The molecular weight excluding hydrogens is 211 g/mol. The molecule has 1 aromatic rings. The number of aromatic hydroxyl groups is 1. The smallest absolute Gasteiger partial charge is 0.307 e. The fourth-order valence-electron chi connectivity index (χ4n) is 1.12. The van der Waals surface area contributed by atoms with Crippen LogP contribution in [0.5, 0.6) is 5.75 Å². The van der Waals surface area contributed by atoms with Crippen LogP contribution in [-0.2, 0) is 11.2 Å². The molecular formula is C9H8ClFO3. The van der Waals surface area contributed by atoms with Gasteiger partial charge in [-0.25, -0.2) is 4.39 Å². The lowest BCUT2D eigenvalue weighted by Crippen LogP contribution is -2.04. The van der Waals surface area contributed by atoms with E-state index in [1.54, 1.807) is 0 Å². The number of halogens is 2. The maximum Gasteiger partial charge on any atom is 0.307 e. The van der Waals surface area contributed by atoms with Crippen LogP contribution >= 0.6 is 11.6 Å². The Morgan fingerprint density at radius 1 is 1.64 bits per heavy atom. The molecule has 14 heavy (non-hydrogen) atoms. The molecule has 1 rings (SSSR count). The molecule has 5 heteroatoms. The number of phenols is 1. The molecule has 0 bridgehead atoms. The van der Waals surface area contributed by atoms with Gasteiger partial charge < -0.3 is 10.2 Å². The van der Waals surface area contributed by atoms with Crippen molar-refractivity contribution >= 4 is 17.6 Å². The van der Waals surface area contributed by atoms with Crippen LogP contribution in [0.4, 0.5) is 4.39 Å². The van der Waals surface area contributed by atoms with Crippen LogP contribution in [0, 0.1) is 12.7 Å². The molecule has 0 amide bonds. The molecule has 0 saturated carbocycles. The number of aliphatic carboxylic acids is 1. The molecule has 0 aliphatic rings. The van der Waals surface area contributed by atoms with Crippen molar-refractivity contribution in [1.29, 1.82) is 0 Å². The Morgan fingerprint density at radius 2 is 2.21 bits per heavy atom. The predicted molar refractivity (Wildman–Crippen MR) is 49.2 cm³/mol. The van der Waals surface area contributed by atoms with Crippen LogP contribution in [0.25, 0.3) is 0 Å². The second-order valence-electron chi connectivity index (χ2n) is 2.86. The van der Waals surface area contributed by atoms with E-state index in [0.717, 1.165) is 6.07 Å². The van der Waals surface area contributed by atoms with Crippen LogP contribution < -0.4 is 0 Å². The average molecular weight is 219 g/mol. The van der Waals surface area contributed by atoms with E-state index in [4.69, 9.17) is 16.7 Å². The van der Waals surface area contributed by atoms with Gasteiger partial charge in [0.25, 0.3) is 0 Å². The summed E-state index contributed by atoms with van der Waals surface area (Å²) in [5.41, 5.74) is 0.122. The number of hydrogen-bond acceptors (Lipinski definition) is 2. The van der Waals surface area contributed by atoms with Crippen LogP contribution in [0.15, 0.2) is 6.07 Å². The third-order valence-corrected chi connectivity index (χ3v) is 2.19. The van der Waals surface area contributed by atoms with Crippen LogP contribution in [0.3, 0.4) is 0 Å². The van der Waals surface area contributed by atoms with Crippen molar-refractivity contribution in [3.63, 3.8) is 0 Å². The monoisotopic (exact) mass is 218 g/mol. The zero-order chi connectivity index (χ0) is 10.9. The Morgan fingerprint density at radius 3 is 2.71 bits per heavy atom. The molecule has 0 saturated heterocycles. The first kappa shape index (κ1) is 10.8. The van der Waals surface area contributed by atoms with E-state index < -0.39 is 18.2 Å². The second kappa shape index (κ2) is 3.84. The highest BCUT2D eigenvalue weighted by Gasteiger charge is 2.16. The first-order valence-electron chi connectivity index (χ1n) is 3.81. The zero-order valence-electron chi connectivity index (χ0n) is 7.34. The second-order valence-corrected chi connectivity index (χ2v) is 3.27. The van der Waals surface area contributed by atoms with Gasteiger partial charge in [-0.3, -0.25) is 4.79 Å². The Kier molecular flexibility index (Phi) is 2.96. The van der Waals surface area contributed by atoms with Gasteiger partial charge in [0.2, 0.25) is 0 Å². The summed E-state index contributed by atoms with van der Waals surface area (Å²) in [7, 11) is 0. The number of rotatable bonds is 2. The van der Waals surface area contributed by atoms with Gasteiger partial charge in [-0.2, -0.15) is 0 Å². The molecule has 0 aromatic heterocycles. The summed E-state index contributed by atoms with van der Waals surface area (Å²) in [6, 6.07) is 0.956. The van der Waals surface area contributed by atoms with Gasteiger partial charge in [-0.1, -0.05) is 11.6 Å². The molecule has 0 heterocycles. The molecule has 76 valence electrons. The molecule has 2 N–H and O–H groups in total.